The average Bonchev–Trinajstić information content (AvgIpc) is 2.83. The molecule has 2 aliphatic rings. The van der Waals surface area contributed by atoms with E-state index in [1.165, 1.54) is 11.8 Å². The van der Waals surface area contributed by atoms with Gasteiger partial charge in [0.1, 0.15) is 17.7 Å². The maximum Gasteiger partial charge on any atom is 0.481 e. The molecule has 2 aliphatic heterocycles. The fourth-order valence-corrected chi connectivity index (χ4v) is 6.20. The van der Waals surface area contributed by atoms with Crippen molar-refractivity contribution in [3.8, 4) is 0 Å². The van der Waals surface area contributed by atoms with E-state index in [2.05, 4.69) is 24.1 Å². The summed E-state index contributed by atoms with van der Waals surface area (Å²) in [5.74, 6) is 1.22. The van der Waals surface area contributed by atoms with Crippen LogP contribution in [0.3, 0.4) is 0 Å². The van der Waals surface area contributed by atoms with Crippen LogP contribution < -0.4 is 5.32 Å². The van der Waals surface area contributed by atoms with Gasteiger partial charge < -0.3 is 30.0 Å². The minimum Gasteiger partial charge on any atom is -0.388 e. The first-order valence-corrected chi connectivity index (χ1v) is 12.4. The quantitative estimate of drug-likeness (QED) is 0.366. The zero-order valence-electron chi connectivity index (χ0n) is 15.8. The minimum absolute atomic E-state index is 0.166. The zero-order valence-corrected chi connectivity index (χ0v) is 18.4. The maximum atomic E-state index is 11.6. The number of aryl methyl sites for hydroxylation is 1. The number of hydrogen-bond acceptors (Lipinski definition) is 10. The highest BCUT2D eigenvalue weighted by molar-refractivity contribution is 8.04. The van der Waals surface area contributed by atoms with Crippen LogP contribution in [0.4, 0.5) is 5.82 Å². The number of thioether (sulfide) groups is 1. The first kappa shape index (κ1) is 22.7. The van der Waals surface area contributed by atoms with Gasteiger partial charge in [-0.1, -0.05) is 11.8 Å². The number of nitrogens with zero attached hydrogens (tertiary/aromatic N) is 3. The van der Waals surface area contributed by atoms with Crippen LogP contribution in [0, 0.1) is 6.92 Å². The number of phosphoric acid groups is 2. The molecule has 3 atom stereocenters. The summed E-state index contributed by atoms with van der Waals surface area (Å²) in [5, 5.41) is 13.8. The van der Waals surface area contributed by atoms with Crippen molar-refractivity contribution in [3.05, 3.63) is 28.2 Å². The van der Waals surface area contributed by atoms with Crippen molar-refractivity contribution < 1.29 is 37.8 Å². The molecule has 0 radical (unpaired) electrons. The van der Waals surface area contributed by atoms with Crippen molar-refractivity contribution in [1.29, 1.82) is 0 Å². The number of nitrogens with one attached hydrogen (secondary N) is 1. The van der Waals surface area contributed by atoms with Crippen LogP contribution in [0.2, 0.25) is 0 Å². The summed E-state index contributed by atoms with van der Waals surface area (Å²) >= 11 is 1.33. The van der Waals surface area contributed by atoms with Crippen LogP contribution in [-0.2, 0) is 24.5 Å². The standard InChI is InChI=1S/C14H22N4O8P2S/c1-8-12(4-5-25-28(23,24)26-27(20,21)22)29-14(9(2)19)17-13-11(7-18(8)14)6-15-10(3)16-13/h6,9,19H,4-5,7H2,1-3H3,(H,23,24)(H,15,16,17)(H2,20,21,22)/t9?,14-/m0/s1. The van der Waals surface area contributed by atoms with Gasteiger partial charge in [0.15, 0.2) is 4.99 Å². The molecule has 1 aromatic heterocycles. The Morgan fingerprint density at radius 2 is 2.07 bits per heavy atom. The smallest absolute Gasteiger partial charge is 0.388 e. The Kier molecular flexibility index (Phi) is 6.19. The van der Waals surface area contributed by atoms with Crippen LogP contribution in [0.1, 0.15) is 31.7 Å². The second kappa shape index (κ2) is 7.92. The summed E-state index contributed by atoms with van der Waals surface area (Å²) in [4.78, 5) is 37.1. The molecular formula is C14H22N4O8P2S. The second-order valence-corrected chi connectivity index (χ2v) is 10.8. The number of phosphoric ester groups is 1. The molecule has 0 aliphatic carbocycles. The monoisotopic (exact) mass is 468 g/mol. The molecule has 3 heterocycles. The molecular weight excluding hydrogens is 446 g/mol. The van der Waals surface area contributed by atoms with E-state index in [0.29, 0.717) is 18.2 Å². The molecule has 162 valence electrons. The van der Waals surface area contributed by atoms with Crippen molar-refractivity contribution in [1.82, 2.24) is 14.9 Å². The molecule has 0 saturated carbocycles. The van der Waals surface area contributed by atoms with E-state index in [1.807, 2.05) is 11.8 Å². The van der Waals surface area contributed by atoms with E-state index >= 15 is 0 Å². The minimum atomic E-state index is -5.17. The third kappa shape index (κ3) is 4.84. The number of hydrogen-bond donors (Lipinski definition) is 5. The highest BCUT2D eigenvalue weighted by atomic mass is 32.2. The third-order valence-electron chi connectivity index (χ3n) is 4.46. The van der Waals surface area contributed by atoms with Crippen molar-refractivity contribution in [2.45, 2.75) is 44.8 Å². The molecule has 15 heteroatoms. The van der Waals surface area contributed by atoms with Gasteiger partial charge in [0.2, 0.25) is 0 Å². The fraction of sp³-hybridized carbons (Fsp3) is 0.571. The number of aliphatic hydroxyl groups is 1. The summed E-state index contributed by atoms with van der Waals surface area (Å²) < 4.78 is 30.8. The summed E-state index contributed by atoms with van der Waals surface area (Å²) in [6, 6.07) is 0. The number of aliphatic hydroxyl groups excluding tert-OH is 1. The van der Waals surface area contributed by atoms with Gasteiger partial charge in [0.25, 0.3) is 0 Å². The Morgan fingerprint density at radius 1 is 1.38 bits per heavy atom. The van der Waals surface area contributed by atoms with Crippen molar-refractivity contribution in [3.63, 3.8) is 0 Å². The van der Waals surface area contributed by atoms with E-state index in [0.717, 1.165) is 16.2 Å². The Hall–Kier alpha value is -1.01. The summed E-state index contributed by atoms with van der Waals surface area (Å²) in [6.45, 7) is 5.40. The topological polar surface area (TPSA) is 175 Å². The Balaban J connectivity index is 1.76. The van der Waals surface area contributed by atoms with Gasteiger partial charge in [-0.15, -0.1) is 0 Å². The van der Waals surface area contributed by atoms with Crippen molar-refractivity contribution >= 4 is 33.2 Å². The lowest BCUT2D eigenvalue weighted by Gasteiger charge is -2.46. The molecule has 0 saturated heterocycles. The molecule has 1 aromatic rings. The fourth-order valence-electron chi connectivity index (χ4n) is 3.16. The van der Waals surface area contributed by atoms with Crippen LogP contribution in [-0.4, -0.2) is 52.4 Å². The van der Waals surface area contributed by atoms with Crippen LogP contribution in [0.25, 0.3) is 0 Å². The maximum absolute atomic E-state index is 11.6. The SMILES string of the molecule is CC1=C(CCOP(=O)(O)OP(=O)(O)O)S[C@@]2(C(C)O)Nc3nc(C)ncc3CN12. The number of rotatable bonds is 7. The van der Waals surface area contributed by atoms with Crippen molar-refractivity contribution in [2.75, 3.05) is 11.9 Å². The predicted molar refractivity (Wildman–Crippen MR) is 104 cm³/mol. The molecule has 5 N–H and O–H groups in total. The van der Waals surface area contributed by atoms with Crippen LogP contribution in [0.15, 0.2) is 16.8 Å². The lowest BCUT2D eigenvalue weighted by Crippen LogP contribution is -2.57. The summed E-state index contributed by atoms with van der Waals surface area (Å²) in [5.41, 5.74) is 1.68. The molecule has 0 amide bonds. The predicted octanol–water partition coefficient (Wildman–Crippen LogP) is 1.64. The van der Waals surface area contributed by atoms with Gasteiger partial charge >= 0.3 is 15.6 Å². The Labute approximate surface area is 171 Å². The van der Waals surface area contributed by atoms with Gasteiger partial charge in [0.05, 0.1) is 13.2 Å². The van der Waals surface area contributed by atoms with E-state index in [1.54, 1.807) is 20.0 Å². The molecule has 29 heavy (non-hydrogen) atoms. The van der Waals surface area contributed by atoms with Crippen LogP contribution in [0.5, 0.6) is 0 Å². The molecule has 0 aromatic carbocycles. The Bertz CT molecular complexity index is 938. The third-order valence-corrected chi connectivity index (χ3v) is 8.36. The van der Waals surface area contributed by atoms with E-state index in [4.69, 9.17) is 9.79 Å². The molecule has 0 bridgehead atoms. The highest BCUT2D eigenvalue weighted by Crippen LogP contribution is 2.58. The molecule has 12 nitrogen and oxygen atoms in total. The number of fused-ring (bicyclic) bond motifs is 2. The van der Waals surface area contributed by atoms with Crippen LogP contribution >= 0.6 is 27.4 Å². The molecule has 2 unspecified atom stereocenters. The van der Waals surface area contributed by atoms with E-state index in [-0.39, 0.29) is 13.0 Å². The van der Waals surface area contributed by atoms with Gasteiger partial charge in [-0.25, -0.2) is 19.1 Å². The van der Waals surface area contributed by atoms with E-state index < -0.39 is 26.7 Å². The number of aromatic nitrogens is 2. The van der Waals surface area contributed by atoms with Gasteiger partial charge in [-0.2, -0.15) is 4.31 Å². The largest absolute Gasteiger partial charge is 0.481 e. The highest BCUT2D eigenvalue weighted by Gasteiger charge is 2.51. The van der Waals surface area contributed by atoms with Gasteiger partial charge in [-0.3, -0.25) is 4.52 Å². The van der Waals surface area contributed by atoms with E-state index in [9.17, 15) is 19.1 Å². The lowest BCUT2D eigenvalue weighted by atomic mass is 10.1. The number of allylic oxidation sites excluding steroid dienone is 1. The summed E-state index contributed by atoms with van der Waals surface area (Å²) in [6.07, 6.45) is 1.07. The normalized spacial score (nSPS) is 24.6. The second-order valence-electron chi connectivity index (χ2n) is 6.61. The molecule has 3 rings (SSSR count). The number of anilines is 1. The first-order chi connectivity index (χ1) is 13.3. The molecule has 0 fully saturated rings. The summed E-state index contributed by atoms with van der Waals surface area (Å²) in [7, 11) is -10.1. The zero-order chi connectivity index (χ0) is 21.6. The first-order valence-electron chi connectivity index (χ1n) is 8.52. The Morgan fingerprint density at radius 3 is 2.69 bits per heavy atom. The molecule has 0 spiro atoms. The van der Waals surface area contributed by atoms with Crippen molar-refractivity contribution in [2.24, 2.45) is 0 Å². The lowest BCUT2D eigenvalue weighted by molar-refractivity contribution is 0.0694. The van der Waals surface area contributed by atoms with Gasteiger partial charge in [0, 0.05) is 28.8 Å². The van der Waals surface area contributed by atoms with Gasteiger partial charge in [-0.05, 0) is 20.8 Å². The average molecular weight is 468 g/mol.